The number of rotatable bonds is 6. The summed E-state index contributed by atoms with van der Waals surface area (Å²) in [6.45, 7) is 3.78. The van der Waals surface area contributed by atoms with Gasteiger partial charge in [-0.05, 0) is 69.2 Å². The van der Waals surface area contributed by atoms with Crippen molar-refractivity contribution in [2.24, 2.45) is 0 Å². The highest BCUT2D eigenvalue weighted by Crippen LogP contribution is 2.31. The summed E-state index contributed by atoms with van der Waals surface area (Å²) in [5.41, 5.74) is 2.40. The minimum Gasteiger partial charge on any atom is -0.356 e. The van der Waals surface area contributed by atoms with Crippen molar-refractivity contribution in [3.8, 4) is 0 Å². The molecule has 4 aromatic rings. The summed E-state index contributed by atoms with van der Waals surface area (Å²) in [6, 6.07) is 12.2. The molecule has 0 spiro atoms. The molecular weight excluding hydrogens is 395 g/mol. The van der Waals surface area contributed by atoms with Crippen LogP contribution in [-0.2, 0) is 0 Å². The number of anilines is 1. The Morgan fingerprint density at radius 2 is 1.97 bits per heavy atom. The Balaban J connectivity index is 1.11. The van der Waals surface area contributed by atoms with Gasteiger partial charge in [0, 0.05) is 17.8 Å². The van der Waals surface area contributed by atoms with E-state index in [4.69, 9.17) is 0 Å². The molecule has 0 unspecified atom stereocenters. The first-order valence-electron chi connectivity index (χ1n) is 10.8. The molecule has 7 nitrogen and oxygen atoms in total. The Hall–Kier alpha value is -3.26. The molecule has 1 aliphatic heterocycles. The number of nitrogens with one attached hydrogen (secondary N) is 3. The molecule has 31 heavy (non-hydrogen) atoms. The first-order chi connectivity index (χ1) is 15.2. The Morgan fingerprint density at radius 1 is 1.13 bits per heavy atom. The van der Waals surface area contributed by atoms with Crippen LogP contribution in [0.1, 0.15) is 30.9 Å². The zero-order valence-corrected chi connectivity index (χ0v) is 17.2. The molecule has 0 radical (unpaired) electrons. The summed E-state index contributed by atoms with van der Waals surface area (Å²) < 4.78 is 13.4. The fourth-order valence-corrected chi connectivity index (χ4v) is 4.43. The molecule has 3 N–H and O–H groups in total. The molecule has 0 saturated carbocycles. The number of aromatic nitrogens is 4. The third-order valence-corrected chi connectivity index (χ3v) is 6.09. The maximum absolute atomic E-state index is 13.4. The van der Waals surface area contributed by atoms with Gasteiger partial charge in [-0.2, -0.15) is 5.10 Å². The molecule has 8 heteroatoms. The van der Waals surface area contributed by atoms with Crippen LogP contribution < -0.4 is 10.9 Å². The van der Waals surface area contributed by atoms with Crippen molar-refractivity contribution in [2.45, 2.75) is 25.2 Å². The van der Waals surface area contributed by atoms with Crippen LogP contribution in [0.5, 0.6) is 0 Å². The largest absolute Gasteiger partial charge is 0.356 e. The third-order valence-electron chi connectivity index (χ3n) is 6.09. The van der Waals surface area contributed by atoms with E-state index in [1.807, 2.05) is 24.3 Å². The van der Waals surface area contributed by atoms with E-state index in [1.54, 1.807) is 6.07 Å². The predicted octanol–water partition coefficient (Wildman–Crippen LogP) is 3.62. The number of aromatic amines is 2. The fraction of sp³-hybridized carbons (Fsp3) is 0.348. The maximum atomic E-state index is 13.4. The van der Waals surface area contributed by atoms with Crippen LogP contribution in [0.15, 0.2) is 47.3 Å². The molecule has 1 fully saturated rings. The van der Waals surface area contributed by atoms with Crippen molar-refractivity contribution in [3.63, 3.8) is 0 Å². The molecule has 0 amide bonds. The number of likely N-dealkylation sites (tertiary alicyclic amines) is 1. The molecule has 0 bridgehead atoms. The zero-order chi connectivity index (χ0) is 21.2. The SMILES string of the molecule is O=c1[nH]c(NCCCN2CCC(c3n[nH]c4cc(F)ccc34)CC2)nc2ccccc12. The lowest BCUT2D eigenvalue weighted by Crippen LogP contribution is -2.34. The quantitative estimate of drug-likeness (QED) is 0.415. The van der Waals surface area contributed by atoms with Crippen LogP contribution in [-0.4, -0.2) is 51.2 Å². The average molecular weight is 420 g/mol. The van der Waals surface area contributed by atoms with Gasteiger partial charge in [-0.3, -0.25) is 14.9 Å². The number of nitrogens with zero attached hydrogens (tertiary/aromatic N) is 3. The number of H-pyrrole nitrogens is 2. The van der Waals surface area contributed by atoms with E-state index in [0.717, 1.165) is 62.0 Å². The molecule has 0 aliphatic carbocycles. The van der Waals surface area contributed by atoms with E-state index in [2.05, 4.69) is 30.4 Å². The maximum Gasteiger partial charge on any atom is 0.260 e. The monoisotopic (exact) mass is 420 g/mol. The van der Waals surface area contributed by atoms with Crippen LogP contribution in [0.2, 0.25) is 0 Å². The van der Waals surface area contributed by atoms with Gasteiger partial charge >= 0.3 is 0 Å². The lowest BCUT2D eigenvalue weighted by molar-refractivity contribution is 0.211. The molecule has 2 aromatic carbocycles. The van der Waals surface area contributed by atoms with Gasteiger partial charge in [-0.1, -0.05) is 12.1 Å². The molecule has 0 atom stereocenters. The summed E-state index contributed by atoms with van der Waals surface area (Å²) in [5, 5.41) is 12.3. The van der Waals surface area contributed by atoms with Crippen molar-refractivity contribution in [3.05, 3.63) is 64.3 Å². The highest BCUT2D eigenvalue weighted by molar-refractivity contribution is 5.81. The Morgan fingerprint density at radius 3 is 2.84 bits per heavy atom. The van der Waals surface area contributed by atoms with Crippen molar-refractivity contribution in [1.82, 2.24) is 25.1 Å². The number of benzene rings is 2. The van der Waals surface area contributed by atoms with E-state index in [0.29, 0.717) is 22.8 Å². The molecule has 3 heterocycles. The number of fused-ring (bicyclic) bond motifs is 2. The van der Waals surface area contributed by atoms with E-state index < -0.39 is 0 Å². The molecule has 1 aliphatic rings. The summed E-state index contributed by atoms with van der Waals surface area (Å²) in [5.74, 6) is 0.679. The van der Waals surface area contributed by atoms with E-state index >= 15 is 0 Å². The van der Waals surface area contributed by atoms with Gasteiger partial charge in [0.1, 0.15) is 5.82 Å². The molecule has 5 rings (SSSR count). The van der Waals surface area contributed by atoms with Gasteiger partial charge in [0.15, 0.2) is 0 Å². The van der Waals surface area contributed by atoms with E-state index in [-0.39, 0.29) is 11.4 Å². The van der Waals surface area contributed by atoms with Crippen molar-refractivity contribution < 1.29 is 4.39 Å². The number of hydrogen-bond donors (Lipinski definition) is 3. The second-order valence-electron chi connectivity index (χ2n) is 8.13. The van der Waals surface area contributed by atoms with Crippen molar-refractivity contribution in [1.29, 1.82) is 0 Å². The highest BCUT2D eigenvalue weighted by Gasteiger charge is 2.24. The average Bonchev–Trinajstić information content (AvgIpc) is 3.20. The summed E-state index contributed by atoms with van der Waals surface area (Å²) >= 11 is 0. The minimum atomic E-state index is -0.242. The van der Waals surface area contributed by atoms with E-state index in [1.165, 1.54) is 12.1 Å². The number of hydrogen-bond acceptors (Lipinski definition) is 5. The Kier molecular flexibility index (Phi) is 5.38. The second kappa shape index (κ2) is 8.47. The lowest BCUT2D eigenvalue weighted by atomic mass is 9.91. The number of halogens is 1. The predicted molar refractivity (Wildman–Crippen MR) is 120 cm³/mol. The third kappa shape index (κ3) is 4.16. The van der Waals surface area contributed by atoms with Crippen LogP contribution in [0, 0.1) is 5.82 Å². The number of para-hydroxylation sites is 1. The topological polar surface area (TPSA) is 89.7 Å². The summed E-state index contributed by atoms with van der Waals surface area (Å²) in [4.78, 5) is 21.9. The second-order valence-corrected chi connectivity index (χ2v) is 8.13. The zero-order valence-electron chi connectivity index (χ0n) is 17.2. The van der Waals surface area contributed by atoms with E-state index in [9.17, 15) is 9.18 Å². The van der Waals surface area contributed by atoms with Gasteiger partial charge in [-0.15, -0.1) is 0 Å². The minimum absolute atomic E-state index is 0.121. The smallest absolute Gasteiger partial charge is 0.260 e. The van der Waals surface area contributed by atoms with Crippen LogP contribution in [0.3, 0.4) is 0 Å². The normalized spacial score (nSPS) is 15.6. The summed E-state index contributed by atoms with van der Waals surface area (Å²) in [7, 11) is 0. The highest BCUT2D eigenvalue weighted by atomic mass is 19.1. The Labute approximate surface area is 178 Å². The van der Waals surface area contributed by atoms with Crippen molar-refractivity contribution >= 4 is 27.8 Å². The van der Waals surface area contributed by atoms with Crippen LogP contribution >= 0.6 is 0 Å². The van der Waals surface area contributed by atoms with Gasteiger partial charge in [-0.25, -0.2) is 9.37 Å². The molecular formula is C23H25FN6O. The van der Waals surface area contributed by atoms with Gasteiger partial charge < -0.3 is 10.2 Å². The van der Waals surface area contributed by atoms with Crippen molar-refractivity contribution in [2.75, 3.05) is 31.5 Å². The summed E-state index contributed by atoms with van der Waals surface area (Å²) in [6.07, 6.45) is 3.06. The van der Waals surface area contributed by atoms with Crippen LogP contribution in [0.4, 0.5) is 10.3 Å². The fourth-order valence-electron chi connectivity index (χ4n) is 4.43. The molecule has 2 aromatic heterocycles. The van der Waals surface area contributed by atoms with Gasteiger partial charge in [0.2, 0.25) is 5.95 Å². The number of piperidine rings is 1. The standard InChI is InChI=1S/C23H25FN6O/c24-16-6-7-17-20(14-16)28-29-21(17)15-8-12-30(13-9-15)11-3-10-25-23-26-19-5-2-1-4-18(19)22(31)27-23/h1-2,4-7,14-15H,3,8-13H2,(H,28,29)(H2,25,26,27,31). The first kappa shape index (κ1) is 19.7. The van der Waals surface area contributed by atoms with Crippen LogP contribution in [0.25, 0.3) is 21.8 Å². The van der Waals surface area contributed by atoms with Gasteiger partial charge in [0.25, 0.3) is 5.56 Å². The van der Waals surface area contributed by atoms with Gasteiger partial charge in [0.05, 0.1) is 22.1 Å². The molecule has 160 valence electrons. The molecule has 1 saturated heterocycles. The first-order valence-corrected chi connectivity index (χ1v) is 10.8. The lowest BCUT2D eigenvalue weighted by Gasteiger charge is -2.31. The Bertz CT molecular complexity index is 1260.